The van der Waals surface area contributed by atoms with Crippen LogP contribution in [-0.4, -0.2) is 93.0 Å². The minimum atomic E-state index is -1.32. The van der Waals surface area contributed by atoms with Crippen LogP contribution in [0.15, 0.2) is 4.79 Å². The number of nitrogens with two attached hydrogens (primary N) is 1. The molecule has 12 nitrogen and oxygen atoms in total. The number of H-pyrrole nitrogens is 1. The smallest absolute Gasteiger partial charge is 0.280 e. The number of aliphatic hydroxyl groups excluding tert-OH is 3. The summed E-state index contributed by atoms with van der Waals surface area (Å²) in [7, 11) is 2.10. The quantitative estimate of drug-likeness (QED) is 0.307. The second kappa shape index (κ2) is 6.73. The Kier molecular flexibility index (Phi) is 4.52. The van der Waals surface area contributed by atoms with Gasteiger partial charge in [-0.1, -0.05) is 0 Å². The lowest BCUT2D eigenvalue weighted by Gasteiger charge is -2.32. The van der Waals surface area contributed by atoms with E-state index < -0.39 is 36.7 Å². The van der Waals surface area contributed by atoms with Crippen LogP contribution < -0.4 is 21.1 Å². The predicted octanol–water partition coefficient (Wildman–Crippen LogP) is -4.35. The van der Waals surface area contributed by atoms with Crippen LogP contribution >= 0.6 is 0 Å². The van der Waals surface area contributed by atoms with Crippen molar-refractivity contribution in [2.24, 2.45) is 0 Å². The van der Waals surface area contributed by atoms with Crippen molar-refractivity contribution in [3.8, 4) is 0 Å². The maximum Gasteiger partial charge on any atom is 0.280 e. The average Bonchev–Trinajstić information content (AvgIpc) is 3.14. The van der Waals surface area contributed by atoms with Crippen molar-refractivity contribution in [1.82, 2.24) is 19.5 Å². The number of fused-ring (bicyclic) bond motifs is 1. The van der Waals surface area contributed by atoms with E-state index in [1.807, 2.05) is 4.90 Å². The molecular weight excluding hydrogens is 358 g/mol. The van der Waals surface area contributed by atoms with Gasteiger partial charge in [0.2, 0.25) is 11.9 Å². The summed E-state index contributed by atoms with van der Waals surface area (Å²) in [6.07, 6.45) is -4.61. The van der Waals surface area contributed by atoms with E-state index in [4.69, 9.17) is 10.5 Å². The molecule has 0 bridgehead atoms. The Bertz CT molecular complexity index is 891. The normalized spacial score (nSPS) is 29.7. The van der Waals surface area contributed by atoms with E-state index in [1.165, 1.54) is 9.47 Å². The van der Waals surface area contributed by atoms with Crippen molar-refractivity contribution in [1.29, 1.82) is 0 Å². The van der Waals surface area contributed by atoms with Gasteiger partial charge < -0.3 is 35.6 Å². The van der Waals surface area contributed by atoms with Crippen molar-refractivity contribution < 1.29 is 25.0 Å². The highest BCUT2D eigenvalue weighted by atomic mass is 16.6. The van der Waals surface area contributed by atoms with E-state index in [2.05, 4.69) is 22.0 Å². The van der Waals surface area contributed by atoms with Crippen LogP contribution in [0, 0.1) is 0 Å². The van der Waals surface area contributed by atoms with E-state index >= 15 is 0 Å². The maximum atomic E-state index is 12.3. The first-order chi connectivity index (χ1) is 12.9. The molecule has 0 amide bonds. The fourth-order valence-electron chi connectivity index (χ4n) is 3.63. The number of rotatable bonds is 3. The highest BCUT2D eigenvalue weighted by Crippen LogP contribution is 2.35. The summed E-state index contributed by atoms with van der Waals surface area (Å²) in [5.41, 5.74) is 5.43. The molecule has 2 aromatic rings. The summed E-state index contributed by atoms with van der Waals surface area (Å²) in [6, 6.07) is 0. The highest BCUT2D eigenvalue weighted by Gasteiger charge is 2.45. The third kappa shape index (κ3) is 2.95. The van der Waals surface area contributed by atoms with Crippen molar-refractivity contribution in [3.05, 3.63) is 10.4 Å². The predicted molar refractivity (Wildman–Crippen MR) is 94.4 cm³/mol. The number of hydrogen-bond acceptors (Lipinski definition) is 9. The molecule has 4 rings (SSSR count). The number of aliphatic hydroxyl groups is 3. The Morgan fingerprint density at radius 2 is 2.00 bits per heavy atom. The number of imidazole rings is 1. The average molecular weight is 382 g/mol. The number of piperazine rings is 1. The molecule has 0 spiro atoms. The van der Waals surface area contributed by atoms with Crippen LogP contribution in [0.2, 0.25) is 0 Å². The third-order valence-electron chi connectivity index (χ3n) is 5.22. The van der Waals surface area contributed by atoms with E-state index in [9.17, 15) is 20.1 Å². The maximum absolute atomic E-state index is 12.3. The number of hydrogen-bond donors (Lipinski definition) is 6. The van der Waals surface area contributed by atoms with E-state index in [0.717, 1.165) is 13.1 Å². The minimum absolute atomic E-state index is 0.0724. The largest absolute Gasteiger partial charge is 0.394 e. The van der Waals surface area contributed by atoms with Crippen molar-refractivity contribution in [3.63, 3.8) is 0 Å². The molecule has 2 saturated heterocycles. The van der Waals surface area contributed by atoms with E-state index in [1.54, 1.807) is 0 Å². The lowest BCUT2D eigenvalue weighted by atomic mass is 10.1. The summed E-state index contributed by atoms with van der Waals surface area (Å²) in [5.74, 6) is 0.325. The summed E-state index contributed by atoms with van der Waals surface area (Å²) in [4.78, 5) is 26.7. The van der Waals surface area contributed by atoms with Crippen molar-refractivity contribution in [2.75, 3.05) is 50.5 Å². The molecule has 2 fully saturated rings. The molecule has 7 N–H and O–H groups in total. The molecule has 148 valence electrons. The van der Waals surface area contributed by atoms with Gasteiger partial charge in [-0.15, -0.1) is 0 Å². The van der Waals surface area contributed by atoms with Gasteiger partial charge in [-0.2, -0.15) is 4.98 Å². The first-order valence-corrected chi connectivity index (χ1v) is 8.87. The van der Waals surface area contributed by atoms with Crippen LogP contribution in [0.25, 0.3) is 11.2 Å². The molecule has 4 heterocycles. The fraction of sp³-hybridized carbons (Fsp3) is 0.667. The zero-order valence-corrected chi connectivity index (χ0v) is 14.9. The van der Waals surface area contributed by atoms with Gasteiger partial charge in [0.05, 0.1) is 39.8 Å². The summed E-state index contributed by atoms with van der Waals surface area (Å²) < 4.78 is 7.16. The molecule has 12 heteroatoms. The fourth-order valence-corrected chi connectivity index (χ4v) is 3.63. The number of anilines is 2. The van der Waals surface area contributed by atoms with Gasteiger partial charge in [-0.3, -0.25) is 14.3 Å². The summed E-state index contributed by atoms with van der Waals surface area (Å²) in [6.45, 7) is 2.69. The first kappa shape index (κ1) is 18.1. The second-order valence-electron chi connectivity index (χ2n) is 7.08. The molecule has 2 aromatic heterocycles. The van der Waals surface area contributed by atoms with Crippen molar-refractivity contribution in [2.45, 2.75) is 24.5 Å². The molecule has 0 saturated carbocycles. The van der Waals surface area contributed by atoms with Gasteiger partial charge >= 0.3 is 0 Å². The number of aromatic amines is 1. The topological polar surface area (TPSA) is 167 Å². The van der Waals surface area contributed by atoms with Crippen LogP contribution in [-0.2, 0) is 4.74 Å². The van der Waals surface area contributed by atoms with Gasteiger partial charge in [0, 0.05) is 0 Å². The number of nitrogens with zero attached hydrogens (tertiary/aromatic N) is 4. The lowest BCUT2D eigenvalue weighted by Crippen LogP contribution is -3.12. The zero-order chi connectivity index (χ0) is 19.3. The Balaban J connectivity index is 1.86. The van der Waals surface area contributed by atoms with Crippen LogP contribution in [0.3, 0.4) is 0 Å². The third-order valence-corrected chi connectivity index (χ3v) is 5.22. The second-order valence-corrected chi connectivity index (χ2v) is 7.08. The van der Waals surface area contributed by atoms with Crippen molar-refractivity contribution >= 4 is 23.1 Å². The Labute approximate surface area is 153 Å². The molecule has 0 unspecified atom stereocenters. The SMILES string of the molecule is C[NH+]1CCN(c2nc3c(=O)[nH]c(N)nc3n2[C@H]2O[C@@H](CO)[C@@H](O)[C@H]2O)CC1. The van der Waals surface area contributed by atoms with E-state index in [0.29, 0.717) is 19.0 Å². The lowest BCUT2D eigenvalue weighted by molar-refractivity contribution is -0.880. The van der Waals surface area contributed by atoms with E-state index in [-0.39, 0.29) is 17.1 Å². The van der Waals surface area contributed by atoms with Gasteiger partial charge in [0.1, 0.15) is 18.3 Å². The van der Waals surface area contributed by atoms with Crippen LogP contribution in [0.5, 0.6) is 0 Å². The highest BCUT2D eigenvalue weighted by molar-refractivity contribution is 5.75. The molecule has 0 radical (unpaired) electrons. The molecule has 27 heavy (non-hydrogen) atoms. The van der Waals surface area contributed by atoms with Crippen LogP contribution in [0.1, 0.15) is 6.23 Å². The van der Waals surface area contributed by atoms with Gasteiger partial charge in [0.15, 0.2) is 17.4 Å². The Morgan fingerprint density at radius 3 is 2.63 bits per heavy atom. The molecule has 0 aromatic carbocycles. The monoisotopic (exact) mass is 382 g/mol. The number of nitrogens with one attached hydrogen (secondary N) is 2. The zero-order valence-electron chi connectivity index (χ0n) is 14.9. The number of aromatic nitrogens is 4. The standard InChI is InChI=1S/C15H23N7O5/c1-20-2-4-21(5-3-20)15-17-8-11(18-14(16)19-12(8)26)22(15)13-10(25)9(24)7(6-23)27-13/h7,9-10,13,23-25H,2-6H2,1H3,(H3,16,18,19,26)/p+1/t7-,9+,10+,13-/m0/s1. The molecule has 4 atom stereocenters. The number of likely N-dealkylation sites (N-methyl/N-ethyl adjacent to an activating group) is 1. The Hall–Kier alpha value is -2.25. The van der Waals surface area contributed by atoms with Gasteiger partial charge in [-0.05, 0) is 0 Å². The number of quaternary nitrogens is 1. The summed E-state index contributed by atoms with van der Waals surface area (Å²) >= 11 is 0. The van der Waals surface area contributed by atoms with Gasteiger partial charge in [0.25, 0.3) is 5.56 Å². The molecule has 0 aliphatic carbocycles. The minimum Gasteiger partial charge on any atom is -0.394 e. The van der Waals surface area contributed by atoms with Crippen LogP contribution in [0.4, 0.5) is 11.9 Å². The Morgan fingerprint density at radius 1 is 1.30 bits per heavy atom. The molecular formula is C15H24N7O5+. The van der Waals surface area contributed by atoms with Gasteiger partial charge in [-0.25, -0.2) is 4.98 Å². The summed E-state index contributed by atoms with van der Waals surface area (Å²) in [5, 5.41) is 30.0. The molecule has 2 aliphatic rings. The number of nitrogen functional groups attached to an aromatic ring is 1. The number of ether oxygens (including phenoxy) is 1. The first-order valence-electron chi connectivity index (χ1n) is 8.87. The molecule has 2 aliphatic heterocycles.